The monoisotopic (exact) mass is 483 g/mol. The van der Waals surface area contributed by atoms with Crippen LogP contribution in [0.5, 0.6) is 5.75 Å². The molecule has 180 valence electrons. The van der Waals surface area contributed by atoms with Gasteiger partial charge in [0.25, 0.3) is 17.4 Å². The molecule has 0 bridgehead atoms. The van der Waals surface area contributed by atoms with Crippen molar-refractivity contribution in [2.24, 2.45) is 0 Å². The summed E-state index contributed by atoms with van der Waals surface area (Å²) in [6.45, 7) is 3.32. The maximum absolute atomic E-state index is 13.3. The lowest BCUT2D eigenvalue weighted by atomic mass is 10.1. The molecule has 5 rings (SSSR count). The Morgan fingerprint density at radius 2 is 1.92 bits per heavy atom. The number of fused-ring (bicyclic) bond motifs is 1. The van der Waals surface area contributed by atoms with Gasteiger partial charge in [0.15, 0.2) is 25.0 Å². The van der Waals surface area contributed by atoms with Gasteiger partial charge >= 0.3 is 0 Å². The summed E-state index contributed by atoms with van der Waals surface area (Å²) in [5, 5.41) is 14.4. The van der Waals surface area contributed by atoms with E-state index in [1.807, 2.05) is 34.9 Å². The number of rotatable bonds is 5. The summed E-state index contributed by atoms with van der Waals surface area (Å²) in [5.74, 6) is 0.121. The summed E-state index contributed by atoms with van der Waals surface area (Å²) in [6, 6.07) is 11.7. The number of hydrogen-bond donors (Lipinski definition) is 1. The Morgan fingerprint density at radius 1 is 1.17 bits per heavy atom. The van der Waals surface area contributed by atoms with Crippen LogP contribution < -0.4 is 4.74 Å². The highest BCUT2D eigenvalue weighted by molar-refractivity contribution is 6.45. The van der Waals surface area contributed by atoms with E-state index < -0.39 is 11.7 Å². The number of nitrogens with one attached hydrogen (secondary N) is 1. The van der Waals surface area contributed by atoms with E-state index in [2.05, 4.69) is 26.1 Å². The molecule has 11 heteroatoms. The van der Waals surface area contributed by atoms with Gasteiger partial charge in [0.05, 0.1) is 48.4 Å². The molecule has 3 aromatic heterocycles. The molecule has 1 aromatic carbocycles. The number of aromatic amines is 1. The Balaban J connectivity index is 1.41. The van der Waals surface area contributed by atoms with Gasteiger partial charge in [-0.15, -0.1) is 0 Å². The quantitative estimate of drug-likeness (QED) is 0.258. The number of amides is 1. The maximum Gasteiger partial charge on any atom is 0.295 e. The molecule has 1 fully saturated rings. The van der Waals surface area contributed by atoms with Crippen LogP contribution in [0.2, 0.25) is 0 Å². The zero-order valence-corrected chi connectivity index (χ0v) is 19.8. The zero-order chi connectivity index (χ0) is 25.2. The van der Waals surface area contributed by atoms with Crippen LogP contribution in [0.3, 0.4) is 0 Å². The van der Waals surface area contributed by atoms with Gasteiger partial charge in [-0.05, 0) is 19.1 Å². The molecule has 1 saturated heterocycles. The molecule has 11 nitrogen and oxygen atoms in total. The van der Waals surface area contributed by atoms with Crippen LogP contribution in [-0.2, 0) is 4.79 Å². The number of H-pyrrole nitrogens is 1. The number of nitrogens with zero attached hydrogens (tertiary/aromatic N) is 7. The summed E-state index contributed by atoms with van der Waals surface area (Å²) in [6.07, 6.45) is 4.51. The molecular formula is C25H23N8O3+. The van der Waals surface area contributed by atoms with E-state index in [1.165, 1.54) is 35.4 Å². The van der Waals surface area contributed by atoms with Gasteiger partial charge in [-0.3, -0.25) is 9.59 Å². The molecule has 1 aliphatic heterocycles. The Morgan fingerprint density at radius 3 is 2.56 bits per heavy atom. The number of ketones is 1. The summed E-state index contributed by atoms with van der Waals surface area (Å²) < 4.78 is 8.89. The molecule has 4 heterocycles. The topological polar surface area (TPSA) is 133 Å². The smallest absolute Gasteiger partial charge is 0.295 e. The number of carbonyl (C=O) groups is 2. The lowest BCUT2D eigenvalue weighted by Gasteiger charge is -2.25. The van der Waals surface area contributed by atoms with Gasteiger partial charge < -0.3 is 14.6 Å². The van der Waals surface area contributed by atoms with E-state index in [0.29, 0.717) is 60.2 Å². The third kappa shape index (κ3) is 3.98. The normalized spacial score (nSPS) is 13.5. The fourth-order valence-corrected chi connectivity index (χ4v) is 4.37. The van der Waals surface area contributed by atoms with Crippen molar-refractivity contribution in [1.82, 2.24) is 29.6 Å². The number of benzene rings is 1. The molecule has 0 radical (unpaired) electrons. The first-order valence-corrected chi connectivity index (χ1v) is 11.4. The van der Waals surface area contributed by atoms with E-state index in [0.717, 1.165) is 5.56 Å². The standard InChI is InChI=1S/C25H22N8O3/c1-16-29-15-33(30-16)24-22-21(20(36-2)14-28-24)18(13-27-22)23(34)25(35)32-10-8-31(9-11-32)19(12-26)17-6-4-3-5-7-17/h3-7,13-15H,8-11H2,1-2H3/p+1. The van der Waals surface area contributed by atoms with Crippen LogP contribution in [-0.4, -0.2) is 84.9 Å². The van der Waals surface area contributed by atoms with Crippen molar-refractivity contribution in [3.63, 3.8) is 0 Å². The molecule has 36 heavy (non-hydrogen) atoms. The fourth-order valence-electron chi connectivity index (χ4n) is 4.37. The maximum atomic E-state index is 13.3. The number of ether oxygens (including phenoxy) is 1. The number of hydrogen-bond acceptors (Lipinski definition) is 7. The number of aryl methyl sites for hydroxylation is 1. The summed E-state index contributed by atoms with van der Waals surface area (Å²) >= 11 is 0. The SMILES string of the molecule is COc1cnc(-n2cnc(C)n2)c2[nH]cc(C(=O)C(=O)N3CC[N+](=C(C#N)c4ccccc4)CC3)c12. The molecule has 0 atom stereocenters. The second-order valence-corrected chi connectivity index (χ2v) is 8.27. The van der Waals surface area contributed by atoms with Gasteiger partial charge in [-0.25, -0.2) is 19.2 Å². The average molecular weight is 484 g/mol. The highest BCUT2D eigenvalue weighted by Crippen LogP contribution is 2.31. The fraction of sp³-hybridized carbons (Fsp3) is 0.240. The van der Waals surface area contributed by atoms with Crippen molar-refractivity contribution < 1.29 is 18.9 Å². The predicted octanol–water partition coefficient (Wildman–Crippen LogP) is 1.51. The van der Waals surface area contributed by atoms with Crippen molar-refractivity contribution in [1.29, 1.82) is 5.26 Å². The second-order valence-electron chi connectivity index (χ2n) is 8.27. The molecular weight excluding hydrogens is 460 g/mol. The minimum atomic E-state index is -0.646. The lowest BCUT2D eigenvalue weighted by molar-refractivity contribution is -0.536. The summed E-state index contributed by atoms with van der Waals surface area (Å²) in [5.41, 5.74) is 2.09. The van der Waals surface area contributed by atoms with Gasteiger partial charge in [0, 0.05) is 6.20 Å². The van der Waals surface area contributed by atoms with Crippen molar-refractivity contribution in [2.75, 3.05) is 33.3 Å². The molecule has 1 amide bonds. The number of methoxy groups -OCH3 is 1. The second kappa shape index (κ2) is 9.42. The Labute approximate surface area is 206 Å². The zero-order valence-electron chi connectivity index (χ0n) is 19.8. The molecule has 1 aliphatic rings. The van der Waals surface area contributed by atoms with E-state index in [-0.39, 0.29) is 5.56 Å². The number of aromatic nitrogens is 5. The van der Waals surface area contributed by atoms with Crippen LogP contribution >= 0.6 is 0 Å². The largest absolute Gasteiger partial charge is 0.494 e. The molecule has 0 saturated carbocycles. The van der Waals surface area contributed by atoms with Gasteiger partial charge in [0.1, 0.15) is 17.9 Å². The van der Waals surface area contributed by atoms with E-state index in [1.54, 1.807) is 6.92 Å². The highest BCUT2D eigenvalue weighted by atomic mass is 16.5. The molecule has 0 unspecified atom stereocenters. The first-order valence-electron chi connectivity index (χ1n) is 11.4. The molecule has 0 aliphatic carbocycles. The van der Waals surface area contributed by atoms with E-state index in [4.69, 9.17) is 4.74 Å². The first-order chi connectivity index (χ1) is 17.5. The van der Waals surface area contributed by atoms with Crippen LogP contribution in [0.1, 0.15) is 21.7 Å². The lowest BCUT2D eigenvalue weighted by Crippen LogP contribution is -2.48. The van der Waals surface area contributed by atoms with Gasteiger partial charge in [-0.2, -0.15) is 10.4 Å². The van der Waals surface area contributed by atoms with Crippen LogP contribution in [0.25, 0.3) is 16.7 Å². The Kier molecular flexibility index (Phi) is 6.00. The molecule has 4 aromatic rings. The van der Waals surface area contributed by atoms with Gasteiger partial charge in [-0.1, -0.05) is 18.2 Å². The first kappa shape index (κ1) is 22.9. The number of nitriles is 1. The molecule has 1 N–H and O–H groups in total. The van der Waals surface area contributed by atoms with Crippen LogP contribution in [0, 0.1) is 18.3 Å². The highest BCUT2D eigenvalue weighted by Gasteiger charge is 2.32. The molecule has 0 spiro atoms. The van der Waals surface area contributed by atoms with Crippen molar-refractivity contribution in [3.05, 3.63) is 66.0 Å². The number of piperazine rings is 1. The number of carbonyl (C=O) groups excluding carboxylic acids is 2. The van der Waals surface area contributed by atoms with E-state index >= 15 is 0 Å². The third-order valence-corrected chi connectivity index (χ3v) is 6.17. The van der Waals surface area contributed by atoms with Gasteiger partial charge in [0.2, 0.25) is 0 Å². The van der Waals surface area contributed by atoms with Crippen molar-refractivity contribution >= 4 is 28.3 Å². The third-order valence-electron chi connectivity index (χ3n) is 6.17. The predicted molar refractivity (Wildman–Crippen MR) is 129 cm³/mol. The minimum absolute atomic E-state index is 0.198. The van der Waals surface area contributed by atoms with Crippen molar-refractivity contribution in [2.45, 2.75) is 6.92 Å². The van der Waals surface area contributed by atoms with E-state index in [9.17, 15) is 14.9 Å². The number of Topliss-reactive ketones (excluding diaryl/α,β-unsaturated/α-hetero) is 1. The Hall–Kier alpha value is -4.85. The summed E-state index contributed by atoms with van der Waals surface area (Å²) in [7, 11) is 1.48. The Bertz CT molecular complexity index is 1530. The summed E-state index contributed by atoms with van der Waals surface area (Å²) in [4.78, 5) is 39.6. The van der Waals surface area contributed by atoms with Crippen LogP contribution in [0.4, 0.5) is 0 Å². The average Bonchev–Trinajstić information content (AvgIpc) is 3.56. The van der Waals surface area contributed by atoms with Crippen molar-refractivity contribution in [3.8, 4) is 17.6 Å². The minimum Gasteiger partial charge on any atom is -0.494 e. The van der Waals surface area contributed by atoms with Crippen LogP contribution in [0.15, 0.2) is 49.1 Å². The number of pyridine rings is 1.